The Labute approximate surface area is 177 Å². The first-order valence-corrected chi connectivity index (χ1v) is 10.3. The fourth-order valence-corrected chi connectivity index (χ4v) is 3.64. The van der Waals surface area contributed by atoms with E-state index in [1.165, 1.54) is 16.7 Å². The number of hydrogen-bond acceptors (Lipinski definition) is 4. The molecule has 0 spiro atoms. The zero-order valence-corrected chi connectivity index (χ0v) is 17.8. The molecular formula is C24H28N4O2. The third kappa shape index (κ3) is 4.71. The van der Waals surface area contributed by atoms with Gasteiger partial charge in [0.2, 0.25) is 5.91 Å². The average molecular weight is 405 g/mol. The second-order valence-electron chi connectivity index (χ2n) is 7.95. The summed E-state index contributed by atoms with van der Waals surface area (Å²) in [5, 5.41) is 7.47. The van der Waals surface area contributed by atoms with Crippen LogP contribution in [0.5, 0.6) is 0 Å². The molecule has 0 saturated carbocycles. The van der Waals surface area contributed by atoms with E-state index in [1.807, 2.05) is 29.9 Å². The van der Waals surface area contributed by atoms with Crippen molar-refractivity contribution in [3.8, 4) is 5.69 Å². The van der Waals surface area contributed by atoms with Crippen LogP contribution >= 0.6 is 0 Å². The molecule has 0 fully saturated rings. The molecule has 1 aromatic carbocycles. The minimum atomic E-state index is 0.0171. The summed E-state index contributed by atoms with van der Waals surface area (Å²) < 4.78 is 7.42. The Morgan fingerprint density at radius 2 is 2.03 bits per heavy atom. The van der Waals surface area contributed by atoms with Crippen molar-refractivity contribution in [3.05, 3.63) is 77.0 Å². The molecule has 4 rings (SSSR count). The summed E-state index contributed by atoms with van der Waals surface area (Å²) in [4.78, 5) is 14.4. The molecule has 0 saturated heterocycles. The van der Waals surface area contributed by atoms with Crippen LogP contribution in [0.4, 0.5) is 0 Å². The number of hydrogen-bond donors (Lipinski definition) is 1. The highest BCUT2D eigenvalue weighted by Crippen LogP contribution is 2.23. The maximum atomic E-state index is 12.2. The van der Waals surface area contributed by atoms with Gasteiger partial charge in [-0.2, -0.15) is 5.10 Å². The number of nitrogens with zero attached hydrogens (tertiary/aromatic N) is 3. The number of carbonyl (C=O) groups excluding carboxylic acids is 1. The summed E-state index contributed by atoms with van der Waals surface area (Å²) in [6.45, 7) is 8.57. The van der Waals surface area contributed by atoms with Gasteiger partial charge in [0.05, 0.1) is 25.0 Å². The predicted molar refractivity (Wildman–Crippen MR) is 117 cm³/mol. The molecule has 2 aromatic heterocycles. The Hall–Kier alpha value is -3.12. The van der Waals surface area contributed by atoms with Gasteiger partial charge in [0.25, 0.3) is 0 Å². The first-order valence-electron chi connectivity index (χ1n) is 10.3. The van der Waals surface area contributed by atoms with E-state index in [9.17, 15) is 4.79 Å². The summed E-state index contributed by atoms with van der Waals surface area (Å²) in [5.41, 5.74) is 6.05. The van der Waals surface area contributed by atoms with E-state index in [2.05, 4.69) is 59.6 Å². The number of nitrogens with one attached hydrogen (secondary N) is 1. The summed E-state index contributed by atoms with van der Waals surface area (Å²) in [7, 11) is 0. The molecule has 3 heterocycles. The van der Waals surface area contributed by atoms with Crippen molar-refractivity contribution in [2.45, 2.75) is 33.7 Å². The molecule has 1 amide bonds. The highest BCUT2D eigenvalue weighted by Gasteiger charge is 2.17. The Balaban J connectivity index is 1.32. The smallest absolute Gasteiger partial charge is 0.234 e. The monoisotopic (exact) mass is 404 g/mol. The van der Waals surface area contributed by atoms with Gasteiger partial charge >= 0.3 is 0 Å². The van der Waals surface area contributed by atoms with Gasteiger partial charge in [0.15, 0.2) is 0 Å². The lowest BCUT2D eigenvalue weighted by Crippen LogP contribution is -2.38. The van der Waals surface area contributed by atoms with Crippen LogP contribution in [-0.4, -0.2) is 40.2 Å². The maximum absolute atomic E-state index is 12.2. The van der Waals surface area contributed by atoms with Gasteiger partial charge in [-0.15, -0.1) is 0 Å². The Kier molecular flexibility index (Phi) is 5.86. The number of furan rings is 1. The fourth-order valence-electron chi connectivity index (χ4n) is 3.64. The van der Waals surface area contributed by atoms with Crippen LogP contribution in [0, 0.1) is 20.8 Å². The number of rotatable bonds is 6. The second-order valence-corrected chi connectivity index (χ2v) is 7.95. The van der Waals surface area contributed by atoms with Gasteiger partial charge in [0, 0.05) is 24.8 Å². The van der Waals surface area contributed by atoms with Gasteiger partial charge in [-0.25, -0.2) is 4.68 Å². The lowest BCUT2D eigenvalue weighted by molar-refractivity contribution is -0.122. The van der Waals surface area contributed by atoms with Crippen LogP contribution in [0.1, 0.15) is 34.6 Å². The molecule has 6 heteroatoms. The minimum Gasteiger partial charge on any atom is -0.465 e. The van der Waals surface area contributed by atoms with E-state index in [0.717, 1.165) is 42.3 Å². The van der Waals surface area contributed by atoms with Gasteiger partial charge in [-0.3, -0.25) is 9.69 Å². The summed E-state index contributed by atoms with van der Waals surface area (Å²) >= 11 is 0. The van der Waals surface area contributed by atoms with Crippen molar-refractivity contribution in [1.29, 1.82) is 0 Å². The molecular weight excluding hydrogens is 376 g/mol. The molecule has 0 radical (unpaired) electrons. The third-order valence-corrected chi connectivity index (χ3v) is 5.62. The largest absolute Gasteiger partial charge is 0.465 e. The standard InChI is InChI=1S/C24H28N4O2/c1-17-4-6-22(12-18(17)2)28-15-21(13-26-28)20-8-10-27(11-9-20)16-24(29)25-14-23-7-5-19(3)30-23/h4-8,12-13,15H,9-11,14,16H2,1-3H3,(H,25,29). The Morgan fingerprint density at radius 3 is 2.73 bits per heavy atom. The van der Waals surface area contributed by atoms with Crippen molar-refractivity contribution >= 4 is 11.5 Å². The molecule has 1 aliphatic heterocycles. The minimum absolute atomic E-state index is 0.0171. The van der Waals surface area contributed by atoms with Crippen molar-refractivity contribution in [1.82, 2.24) is 20.0 Å². The van der Waals surface area contributed by atoms with E-state index in [1.54, 1.807) is 0 Å². The normalized spacial score (nSPS) is 14.6. The van der Waals surface area contributed by atoms with Crippen molar-refractivity contribution in [2.24, 2.45) is 0 Å². The maximum Gasteiger partial charge on any atom is 0.234 e. The molecule has 0 aliphatic carbocycles. The van der Waals surface area contributed by atoms with Crippen LogP contribution in [-0.2, 0) is 11.3 Å². The number of aryl methyl sites for hydroxylation is 3. The molecule has 6 nitrogen and oxygen atoms in total. The van der Waals surface area contributed by atoms with Gasteiger partial charge < -0.3 is 9.73 Å². The van der Waals surface area contributed by atoms with E-state index < -0.39 is 0 Å². The molecule has 30 heavy (non-hydrogen) atoms. The molecule has 3 aromatic rings. The highest BCUT2D eigenvalue weighted by atomic mass is 16.3. The molecule has 0 atom stereocenters. The van der Waals surface area contributed by atoms with Crippen molar-refractivity contribution < 1.29 is 9.21 Å². The fraction of sp³-hybridized carbons (Fsp3) is 0.333. The zero-order chi connectivity index (χ0) is 21.1. The summed E-state index contributed by atoms with van der Waals surface area (Å²) in [6.07, 6.45) is 7.12. The van der Waals surface area contributed by atoms with Crippen LogP contribution in [0.25, 0.3) is 11.3 Å². The molecule has 156 valence electrons. The van der Waals surface area contributed by atoms with Gasteiger partial charge in [0.1, 0.15) is 11.5 Å². The average Bonchev–Trinajstić information content (AvgIpc) is 3.38. The van der Waals surface area contributed by atoms with Crippen LogP contribution in [0.2, 0.25) is 0 Å². The van der Waals surface area contributed by atoms with Crippen LogP contribution < -0.4 is 5.32 Å². The van der Waals surface area contributed by atoms with Gasteiger partial charge in [-0.05, 0) is 68.2 Å². The highest BCUT2D eigenvalue weighted by molar-refractivity contribution is 5.78. The predicted octanol–water partition coefficient (Wildman–Crippen LogP) is 3.80. The Bertz CT molecular complexity index is 1080. The van der Waals surface area contributed by atoms with E-state index in [-0.39, 0.29) is 5.91 Å². The Morgan fingerprint density at radius 1 is 1.17 bits per heavy atom. The van der Waals surface area contributed by atoms with E-state index >= 15 is 0 Å². The number of aromatic nitrogens is 2. The quantitative estimate of drug-likeness (QED) is 0.679. The zero-order valence-electron chi connectivity index (χ0n) is 17.8. The van der Waals surface area contributed by atoms with Crippen molar-refractivity contribution in [3.63, 3.8) is 0 Å². The molecule has 1 aliphatic rings. The number of benzene rings is 1. The van der Waals surface area contributed by atoms with E-state index in [0.29, 0.717) is 13.1 Å². The molecule has 1 N–H and O–H groups in total. The third-order valence-electron chi connectivity index (χ3n) is 5.62. The summed E-state index contributed by atoms with van der Waals surface area (Å²) in [5.74, 6) is 1.65. The first-order chi connectivity index (χ1) is 14.5. The van der Waals surface area contributed by atoms with Crippen LogP contribution in [0.15, 0.2) is 53.2 Å². The number of amides is 1. The molecule has 0 unspecified atom stereocenters. The van der Waals surface area contributed by atoms with Crippen molar-refractivity contribution in [2.75, 3.05) is 19.6 Å². The van der Waals surface area contributed by atoms with E-state index in [4.69, 9.17) is 4.42 Å². The second kappa shape index (κ2) is 8.71. The van der Waals surface area contributed by atoms with Crippen LogP contribution in [0.3, 0.4) is 0 Å². The lowest BCUT2D eigenvalue weighted by Gasteiger charge is -2.25. The summed E-state index contributed by atoms with van der Waals surface area (Å²) in [6, 6.07) is 10.2. The molecule has 0 bridgehead atoms. The first kappa shape index (κ1) is 20.2. The number of carbonyl (C=O) groups is 1. The topological polar surface area (TPSA) is 63.3 Å². The lowest BCUT2D eigenvalue weighted by atomic mass is 10.0. The SMILES string of the molecule is Cc1ccc(CNC(=O)CN2CC=C(c3cnn(-c4ccc(C)c(C)c4)c3)CC2)o1. The van der Waals surface area contributed by atoms with Gasteiger partial charge in [-0.1, -0.05) is 12.1 Å².